The zero-order valence-corrected chi connectivity index (χ0v) is 14.2. The fourth-order valence-corrected chi connectivity index (χ4v) is 2.96. The van der Waals surface area contributed by atoms with Crippen LogP contribution in [0.2, 0.25) is 0 Å². The van der Waals surface area contributed by atoms with Gasteiger partial charge >= 0.3 is 0 Å². The quantitative estimate of drug-likeness (QED) is 0.829. The predicted octanol–water partition coefficient (Wildman–Crippen LogP) is 3.28. The van der Waals surface area contributed by atoms with Crippen molar-refractivity contribution in [1.29, 1.82) is 0 Å². The summed E-state index contributed by atoms with van der Waals surface area (Å²) in [7, 11) is 0. The standard InChI is InChI=1S/C19H24N4O/c1-2-3-6-10-20-19-21-12-17(13-22-19)18(24)23-11-9-15-7-4-5-8-16(15)14-23/h4-5,7-8,12-13H,2-3,6,9-11,14H2,1H3,(H,20,21,22). The molecule has 0 fully saturated rings. The first-order valence-electron chi connectivity index (χ1n) is 8.70. The summed E-state index contributed by atoms with van der Waals surface area (Å²) in [6, 6.07) is 8.30. The van der Waals surface area contributed by atoms with E-state index in [2.05, 4.69) is 40.4 Å². The van der Waals surface area contributed by atoms with Crippen LogP contribution in [0.1, 0.15) is 47.7 Å². The SMILES string of the molecule is CCCCCNc1ncc(C(=O)N2CCc3ccccc3C2)cn1. The minimum Gasteiger partial charge on any atom is -0.354 e. The monoisotopic (exact) mass is 324 g/mol. The maximum absolute atomic E-state index is 12.6. The fourth-order valence-electron chi connectivity index (χ4n) is 2.96. The van der Waals surface area contributed by atoms with Crippen molar-refractivity contribution in [1.82, 2.24) is 14.9 Å². The van der Waals surface area contributed by atoms with Gasteiger partial charge in [0.15, 0.2) is 0 Å². The molecule has 5 nitrogen and oxygen atoms in total. The van der Waals surface area contributed by atoms with E-state index in [1.165, 1.54) is 24.0 Å². The molecule has 2 aromatic rings. The molecule has 0 aliphatic carbocycles. The molecule has 0 saturated heterocycles. The van der Waals surface area contributed by atoms with Crippen LogP contribution in [-0.2, 0) is 13.0 Å². The Morgan fingerprint density at radius 2 is 1.92 bits per heavy atom. The second-order valence-corrected chi connectivity index (χ2v) is 6.17. The molecule has 2 heterocycles. The van der Waals surface area contributed by atoms with Crippen LogP contribution in [0.25, 0.3) is 0 Å². The highest BCUT2D eigenvalue weighted by Gasteiger charge is 2.21. The second kappa shape index (κ2) is 7.90. The molecule has 1 N–H and O–H groups in total. The summed E-state index contributed by atoms with van der Waals surface area (Å²) in [5.74, 6) is 0.591. The Hall–Kier alpha value is -2.43. The number of anilines is 1. The van der Waals surface area contributed by atoms with E-state index in [1.807, 2.05) is 11.0 Å². The summed E-state index contributed by atoms with van der Waals surface area (Å²) in [4.78, 5) is 23.0. The molecule has 5 heteroatoms. The number of hydrogen-bond donors (Lipinski definition) is 1. The van der Waals surface area contributed by atoms with Gasteiger partial charge in [0.1, 0.15) is 0 Å². The third-order valence-corrected chi connectivity index (χ3v) is 4.38. The summed E-state index contributed by atoms with van der Waals surface area (Å²) >= 11 is 0. The average molecular weight is 324 g/mol. The largest absolute Gasteiger partial charge is 0.354 e. The van der Waals surface area contributed by atoms with Gasteiger partial charge in [-0.3, -0.25) is 4.79 Å². The number of amides is 1. The van der Waals surface area contributed by atoms with Gasteiger partial charge in [0.25, 0.3) is 5.91 Å². The van der Waals surface area contributed by atoms with E-state index in [0.717, 1.165) is 25.9 Å². The van der Waals surface area contributed by atoms with Crippen molar-refractivity contribution in [3.8, 4) is 0 Å². The van der Waals surface area contributed by atoms with Crippen LogP contribution in [0.15, 0.2) is 36.7 Å². The summed E-state index contributed by atoms with van der Waals surface area (Å²) in [5, 5.41) is 3.19. The number of rotatable bonds is 6. The number of carbonyl (C=O) groups excluding carboxylic acids is 1. The van der Waals surface area contributed by atoms with Gasteiger partial charge in [-0.1, -0.05) is 44.0 Å². The first-order valence-corrected chi connectivity index (χ1v) is 8.70. The number of unbranched alkanes of at least 4 members (excludes halogenated alkanes) is 2. The molecule has 0 saturated carbocycles. The smallest absolute Gasteiger partial charge is 0.257 e. The third-order valence-electron chi connectivity index (χ3n) is 4.38. The molecule has 0 radical (unpaired) electrons. The van der Waals surface area contributed by atoms with E-state index in [4.69, 9.17) is 0 Å². The molecule has 1 aliphatic rings. The van der Waals surface area contributed by atoms with E-state index < -0.39 is 0 Å². The Kier molecular flexibility index (Phi) is 5.41. The Bertz CT molecular complexity index is 684. The van der Waals surface area contributed by atoms with Gasteiger partial charge < -0.3 is 10.2 Å². The van der Waals surface area contributed by atoms with E-state index in [9.17, 15) is 4.79 Å². The van der Waals surface area contributed by atoms with Crippen molar-refractivity contribution >= 4 is 11.9 Å². The highest BCUT2D eigenvalue weighted by atomic mass is 16.2. The van der Waals surface area contributed by atoms with Crippen LogP contribution in [0, 0.1) is 0 Å². The van der Waals surface area contributed by atoms with Crippen LogP contribution in [0.4, 0.5) is 5.95 Å². The van der Waals surface area contributed by atoms with E-state index >= 15 is 0 Å². The van der Waals surface area contributed by atoms with Crippen molar-refractivity contribution in [2.45, 2.75) is 39.2 Å². The van der Waals surface area contributed by atoms with Gasteiger partial charge in [-0.2, -0.15) is 0 Å². The van der Waals surface area contributed by atoms with Gasteiger partial charge in [0, 0.05) is 32.0 Å². The zero-order valence-electron chi connectivity index (χ0n) is 14.2. The molecular weight excluding hydrogens is 300 g/mol. The van der Waals surface area contributed by atoms with Crippen LogP contribution in [0.5, 0.6) is 0 Å². The molecule has 3 rings (SSSR count). The van der Waals surface area contributed by atoms with Crippen molar-refractivity contribution in [2.75, 3.05) is 18.4 Å². The molecule has 24 heavy (non-hydrogen) atoms. The zero-order chi connectivity index (χ0) is 16.8. The van der Waals surface area contributed by atoms with Gasteiger partial charge in [0.2, 0.25) is 5.95 Å². The topological polar surface area (TPSA) is 58.1 Å². The molecule has 0 unspecified atom stereocenters. The van der Waals surface area contributed by atoms with Gasteiger partial charge in [-0.05, 0) is 24.0 Å². The lowest BCUT2D eigenvalue weighted by molar-refractivity contribution is 0.0734. The van der Waals surface area contributed by atoms with Crippen LogP contribution in [-0.4, -0.2) is 33.9 Å². The van der Waals surface area contributed by atoms with Crippen LogP contribution in [0.3, 0.4) is 0 Å². The van der Waals surface area contributed by atoms with E-state index in [0.29, 0.717) is 18.1 Å². The van der Waals surface area contributed by atoms with Crippen molar-refractivity contribution < 1.29 is 4.79 Å². The van der Waals surface area contributed by atoms with E-state index in [1.54, 1.807) is 12.4 Å². The van der Waals surface area contributed by atoms with Crippen LogP contribution < -0.4 is 5.32 Å². The normalized spacial score (nSPS) is 13.5. The number of nitrogens with one attached hydrogen (secondary N) is 1. The summed E-state index contributed by atoms with van der Waals surface area (Å²) in [6.45, 7) is 4.44. The molecule has 126 valence electrons. The Labute approximate surface area is 143 Å². The highest BCUT2D eigenvalue weighted by Crippen LogP contribution is 2.20. The maximum Gasteiger partial charge on any atom is 0.257 e. The number of hydrogen-bond acceptors (Lipinski definition) is 4. The lowest BCUT2D eigenvalue weighted by atomic mass is 9.99. The molecule has 1 aromatic heterocycles. The first-order chi connectivity index (χ1) is 11.8. The molecule has 1 aromatic carbocycles. The number of fused-ring (bicyclic) bond motifs is 1. The van der Waals surface area contributed by atoms with Crippen LogP contribution >= 0.6 is 0 Å². The fraction of sp³-hybridized carbons (Fsp3) is 0.421. The third kappa shape index (κ3) is 3.91. The Balaban J connectivity index is 1.59. The summed E-state index contributed by atoms with van der Waals surface area (Å²) in [6.07, 6.45) is 7.64. The maximum atomic E-state index is 12.6. The lowest BCUT2D eigenvalue weighted by Gasteiger charge is -2.28. The Morgan fingerprint density at radius 1 is 1.17 bits per heavy atom. The Morgan fingerprint density at radius 3 is 2.67 bits per heavy atom. The number of carbonyl (C=O) groups is 1. The molecule has 0 spiro atoms. The van der Waals surface area contributed by atoms with Crippen molar-refractivity contribution in [2.24, 2.45) is 0 Å². The first kappa shape index (κ1) is 16.4. The highest BCUT2D eigenvalue weighted by molar-refractivity contribution is 5.93. The van der Waals surface area contributed by atoms with Crippen molar-refractivity contribution in [3.05, 3.63) is 53.3 Å². The second-order valence-electron chi connectivity index (χ2n) is 6.17. The molecule has 1 amide bonds. The minimum absolute atomic E-state index is 0.00189. The van der Waals surface area contributed by atoms with Gasteiger partial charge in [-0.15, -0.1) is 0 Å². The molecule has 0 bridgehead atoms. The summed E-state index contributed by atoms with van der Waals surface area (Å²) < 4.78 is 0. The summed E-state index contributed by atoms with van der Waals surface area (Å²) in [5.41, 5.74) is 3.12. The molecular formula is C19H24N4O. The number of nitrogens with zero attached hydrogens (tertiary/aromatic N) is 3. The molecule has 1 aliphatic heterocycles. The number of aromatic nitrogens is 2. The predicted molar refractivity (Wildman–Crippen MR) is 94.9 cm³/mol. The number of benzene rings is 1. The van der Waals surface area contributed by atoms with Gasteiger partial charge in [-0.25, -0.2) is 9.97 Å². The molecule has 0 atom stereocenters. The van der Waals surface area contributed by atoms with Crippen molar-refractivity contribution in [3.63, 3.8) is 0 Å². The minimum atomic E-state index is 0.00189. The van der Waals surface area contributed by atoms with E-state index in [-0.39, 0.29) is 5.91 Å². The average Bonchev–Trinajstić information content (AvgIpc) is 2.65. The van der Waals surface area contributed by atoms with Gasteiger partial charge in [0.05, 0.1) is 5.56 Å². The lowest BCUT2D eigenvalue weighted by Crippen LogP contribution is -2.36.